The van der Waals surface area contributed by atoms with Crippen LogP contribution in [0.25, 0.3) is 0 Å². The van der Waals surface area contributed by atoms with Crippen LogP contribution in [-0.2, 0) is 0 Å². The maximum absolute atomic E-state index is 3.77. The summed E-state index contributed by atoms with van der Waals surface area (Å²) in [5, 5.41) is 3.77. The van der Waals surface area contributed by atoms with Gasteiger partial charge in [0.25, 0.3) is 0 Å². The van der Waals surface area contributed by atoms with Crippen molar-refractivity contribution in [2.45, 2.75) is 60.3 Å². The van der Waals surface area contributed by atoms with Crippen LogP contribution in [0, 0.1) is 20.8 Å². The quantitative estimate of drug-likeness (QED) is 0.669. The summed E-state index contributed by atoms with van der Waals surface area (Å²) in [6.07, 6.45) is 0. The van der Waals surface area contributed by atoms with Gasteiger partial charge in [0, 0.05) is 11.4 Å². The van der Waals surface area contributed by atoms with Gasteiger partial charge in [-0.3, -0.25) is 0 Å². The SMILES string of the molecule is Cc1cc(C)c(Nc2c(C(C)C)cccc2C(C)C)c(C)c1. The predicted molar refractivity (Wildman–Crippen MR) is 98.6 cm³/mol. The van der Waals surface area contributed by atoms with E-state index in [9.17, 15) is 0 Å². The van der Waals surface area contributed by atoms with Crippen LogP contribution in [0.1, 0.15) is 67.3 Å². The van der Waals surface area contributed by atoms with E-state index >= 15 is 0 Å². The first-order chi connectivity index (χ1) is 10.3. The molecule has 0 aliphatic carbocycles. The summed E-state index contributed by atoms with van der Waals surface area (Å²) in [5.74, 6) is 1.01. The first-order valence-electron chi connectivity index (χ1n) is 8.29. The molecule has 1 heteroatoms. The Hall–Kier alpha value is -1.76. The van der Waals surface area contributed by atoms with Crippen molar-refractivity contribution in [1.82, 2.24) is 0 Å². The Balaban J connectivity index is 2.58. The molecule has 0 amide bonds. The zero-order valence-corrected chi connectivity index (χ0v) is 15.0. The Morgan fingerprint density at radius 2 is 1.18 bits per heavy atom. The van der Waals surface area contributed by atoms with Crippen LogP contribution in [-0.4, -0.2) is 0 Å². The molecule has 0 bridgehead atoms. The first kappa shape index (κ1) is 16.6. The van der Waals surface area contributed by atoms with Gasteiger partial charge >= 0.3 is 0 Å². The van der Waals surface area contributed by atoms with Gasteiger partial charge in [0.15, 0.2) is 0 Å². The fourth-order valence-corrected chi connectivity index (χ4v) is 3.20. The molecule has 2 rings (SSSR count). The second kappa shape index (κ2) is 6.56. The molecule has 0 radical (unpaired) electrons. The number of para-hydroxylation sites is 1. The molecule has 0 saturated carbocycles. The van der Waals surface area contributed by atoms with Crippen LogP contribution >= 0.6 is 0 Å². The zero-order valence-electron chi connectivity index (χ0n) is 15.0. The monoisotopic (exact) mass is 295 g/mol. The lowest BCUT2D eigenvalue weighted by molar-refractivity contribution is 0.838. The fraction of sp³-hybridized carbons (Fsp3) is 0.429. The van der Waals surface area contributed by atoms with E-state index in [0.29, 0.717) is 11.8 Å². The summed E-state index contributed by atoms with van der Waals surface area (Å²) in [6.45, 7) is 15.6. The number of anilines is 2. The van der Waals surface area contributed by atoms with Crippen molar-refractivity contribution >= 4 is 11.4 Å². The van der Waals surface area contributed by atoms with Crippen LogP contribution < -0.4 is 5.32 Å². The number of nitrogens with one attached hydrogen (secondary N) is 1. The zero-order chi connectivity index (χ0) is 16.4. The molecule has 1 nitrogen and oxygen atoms in total. The average Bonchev–Trinajstić information content (AvgIpc) is 2.42. The van der Waals surface area contributed by atoms with Crippen molar-refractivity contribution in [3.8, 4) is 0 Å². The number of aryl methyl sites for hydroxylation is 3. The van der Waals surface area contributed by atoms with Crippen LogP contribution in [0.5, 0.6) is 0 Å². The Labute approximate surface area is 135 Å². The number of hydrogen-bond acceptors (Lipinski definition) is 1. The molecule has 0 unspecified atom stereocenters. The molecule has 2 aromatic rings. The lowest BCUT2D eigenvalue weighted by atomic mass is 9.92. The van der Waals surface area contributed by atoms with Gasteiger partial charge in [-0.05, 0) is 54.9 Å². The Bertz CT molecular complexity index is 616. The number of hydrogen-bond donors (Lipinski definition) is 1. The first-order valence-corrected chi connectivity index (χ1v) is 8.29. The van der Waals surface area contributed by atoms with Crippen molar-refractivity contribution in [3.05, 3.63) is 58.1 Å². The van der Waals surface area contributed by atoms with E-state index in [1.165, 1.54) is 39.2 Å². The molecule has 0 aromatic heterocycles. The fourth-order valence-electron chi connectivity index (χ4n) is 3.20. The highest BCUT2D eigenvalue weighted by atomic mass is 14.9. The highest BCUT2D eigenvalue weighted by Gasteiger charge is 2.15. The Kier molecular flexibility index (Phi) is 4.95. The lowest BCUT2D eigenvalue weighted by Crippen LogP contribution is -2.06. The molecule has 0 heterocycles. The summed E-state index contributed by atoms with van der Waals surface area (Å²) < 4.78 is 0. The molecule has 0 saturated heterocycles. The van der Waals surface area contributed by atoms with E-state index in [1.807, 2.05) is 0 Å². The maximum Gasteiger partial charge on any atom is 0.0454 e. The van der Waals surface area contributed by atoms with Crippen molar-refractivity contribution in [3.63, 3.8) is 0 Å². The molecule has 0 fully saturated rings. The normalized spacial score (nSPS) is 11.3. The van der Waals surface area contributed by atoms with Gasteiger partial charge in [-0.1, -0.05) is 63.6 Å². The van der Waals surface area contributed by atoms with E-state index < -0.39 is 0 Å². The third-order valence-electron chi connectivity index (χ3n) is 4.30. The minimum atomic E-state index is 0.507. The third-order valence-corrected chi connectivity index (χ3v) is 4.30. The highest BCUT2D eigenvalue weighted by Crippen LogP contribution is 2.36. The third kappa shape index (κ3) is 3.35. The molecule has 0 spiro atoms. The van der Waals surface area contributed by atoms with E-state index in [-0.39, 0.29) is 0 Å². The predicted octanol–water partition coefficient (Wildman–Crippen LogP) is 6.60. The van der Waals surface area contributed by atoms with Crippen molar-refractivity contribution in [2.24, 2.45) is 0 Å². The Morgan fingerprint density at radius 1 is 0.727 bits per heavy atom. The summed E-state index contributed by atoms with van der Waals surface area (Å²) in [4.78, 5) is 0. The van der Waals surface area contributed by atoms with Crippen LogP contribution in [0.3, 0.4) is 0 Å². The minimum Gasteiger partial charge on any atom is -0.355 e. The van der Waals surface area contributed by atoms with Gasteiger partial charge in [0.2, 0.25) is 0 Å². The minimum absolute atomic E-state index is 0.507. The molecular weight excluding hydrogens is 266 g/mol. The molecule has 2 aromatic carbocycles. The summed E-state index contributed by atoms with van der Waals surface area (Å²) in [6, 6.07) is 11.2. The van der Waals surface area contributed by atoms with Crippen LogP contribution in [0.2, 0.25) is 0 Å². The van der Waals surface area contributed by atoms with E-state index in [1.54, 1.807) is 0 Å². The molecular formula is C21H29N. The van der Waals surface area contributed by atoms with E-state index in [2.05, 4.69) is 84.1 Å². The van der Waals surface area contributed by atoms with Crippen molar-refractivity contribution in [1.29, 1.82) is 0 Å². The second-order valence-electron chi connectivity index (χ2n) is 7.02. The van der Waals surface area contributed by atoms with Crippen LogP contribution in [0.15, 0.2) is 30.3 Å². The average molecular weight is 295 g/mol. The van der Waals surface area contributed by atoms with Gasteiger partial charge in [0.05, 0.1) is 0 Å². The summed E-state index contributed by atoms with van der Waals surface area (Å²) in [7, 11) is 0. The van der Waals surface area contributed by atoms with Gasteiger partial charge < -0.3 is 5.32 Å². The number of rotatable bonds is 4. The molecule has 0 aliphatic heterocycles. The molecule has 118 valence electrons. The van der Waals surface area contributed by atoms with Gasteiger partial charge in [0.1, 0.15) is 0 Å². The van der Waals surface area contributed by atoms with Crippen LogP contribution in [0.4, 0.5) is 11.4 Å². The summed E-state index contributed by atoms with van der Waals surface area (Å²) >= 11 is 0. The smallest absolute Gasteiger partial charge is 0.0454 e. The van der Waals surface area contributed by atoms with E-state index in [4.69, 9.17) is 0 Å². The maximum atomic E-state index is 3.77. The standard InChI is InChI=1S/C21H29N/c1-13(2)18-9-8-10-19(14(3)4)21(18)22-20-16(6)11-15(5)12-17(20)7/h8-14,22H,1-7H3. The van der Waals surface area contributed by atoms with Gasteiger partial charge in [-0.2, -0.15) is 0 Å². The van der Waals surface area contributed by atoms with Crippen molar-refractivity contribution < 1.29 is 0 Å². The molecule has 0 atom stereocenters. The largest absolute Gasteiger partial charge is 0.355 e. The van der Waals surface area contributed by atoms with Gasteiger partial charge in [-0.15, -0.1) is 0 Å². The highest BCUT2D eigenvalue weighted by molar-refractivity contribution is 5.72. The molecule has 1 N–H and O–H groups in total. The second-order valence-corrected chi connectivity index (χ2v) is 7.02. The number of benzene rings is 2. The Morgan fingerprint density at radius 3 is 1.59 bits per heavy atom. The van der Waals surface area contributed by atoms with E-state index in [0.717, 1.165) is 0 Å². The molecule has 22 heavy (non-hydrogen) atoms. The van der Waals surface area contributed by atoms with Crippen molar-refractivity contribution in [2.75, 3.05) is 5.32 Å². The lowest BCUT2D eigenvalue weighted by Gasteiger charge is -2.23. The van der Waals surface area contributed by atoms with Gasteiger partial charge in [-0.25, -0.2) is 0 Å². The molecule has 0 aliphatic rings. The topological polar surface area (TPSA) is 12.0 Å². The summed E-state index contributed by atoms with van der Waals surface area (Å²) in [5.41, 5.74) is 9.28.